The summed E-state index contributed by atoms with van der Waals surface area (Å²) >= 11 is 0. The Bertz CT molecular complexity index is 714. The largest absolute Gasteiger partial charge is 0.497 e. The van der Waals surface area contributed by atoms with E-state index in [2.05, 4.69) is 10.6 Å². The molecule has 5 heteroatoms. The average Bonchev–Trinajstić information content (AvgIpc) is 2.58. The van der Waals surface area contributed by atoms with E-state index in [1.807, 2.05) is 44.2 Å². The van der Waals surface area contributed by atoms with Crippen molar-refractivity contribution >= 4 is 17.3 Å². The monoisotopic (exact) mass is 328 g/mol. The number of carbonyl (C=O) groups excluding carboxylic acids is 1. The molecule has 0 spiro atoms. The van der Waals surface area contributed by atoms with Crippen LogP contribution in [0.25, 0.3) is 0 Å². The highest BCUT2D eigenvalue weighted by atomic mass is 16.5. The lowest BCUT2D eigenvalue weighted by Crippen LogP contribution is -2.16. The van der Waals surface area contributed by atoms with Crippen LogP contribution in [-0.2, 0) is 4.79 Å². The van der Waals surface area contributed by atoms with Gasteiger partial charge >= 0.3 is 0 Å². The molecule has 0 heterocycles. The van der Waals surface area contributed by atoms with E-state index >= 15 is 0 Å². The van der Waals surface area contributed by atoms with Crippen molar-refractivity contribution in [2.45, 2.75) is 20.3 Å². The number of rotatable bonds is 7. The van der Waals surface area contributed by atoms with E-state index < -0.39 is 0 Å². The Labute approximate surface area is 143 Å². The van der Waals surface area contributed by atoms with Crippen molar-refractivity contribution < 1.29 is 14.3 Å². The number of hydrogen-bond acceptors (Lipinski definition) is 4. The van der Waals surface area contributed by atoms with Gasteiger partial charge in [0.25, 0.3) is 0 Å². The predicted octanol–water partition coefficient (Wildman–Crippen LogP) is 3.76. The van der Waals surface area contributed by atoms with E-state index in [0.717, 1.165) is 22.7 Å². The van der Waals surface area contributed by atoms with Crippen LogP contribution in [-0.4, -0.2) is 26.7 Å². The first kappa shape index (κ1) is 17.7. The standard InChI is InChI=1S/C19H24N2O3/c1-13-5-6-15(11-14(13)2)21-19(22)9-10-20-17-8-7-16(23-3)12-18(17)24-4/h5-8,11-12,20H,9-10H2,1-4H3,(H,21,22). The molecule has 0 saturated carbocycles. The highest BCUT2D eigenvalue weighted by molar-refractivity contribution is 5.91. The van der Waals surface area contributed by atoms with Crippen LogP contribution in [0.3, 0.4) is 0 Å². The Balaban J connectivity index is 1.87. The zero-order chi connectivity index (χ0) is 17.5. The lowest BCUT2D eigenvalue weighted by atomic mass is 10.1. The van der Waals surface area contributed by atoms with Gasteiger partial charge in [0.05, 0.1) is 19.9 Å². The summed E-state index contributed by atoms with van der Waals surface area (Å²) in [6, 6.07) is 11.4. The smallest absolute Gasteiger partial charge is 0.226 e. The number of benzene rings is 2. The van der Waals surface area contributed by atoms with Gasteiger partial charge in [0.1, 0.15) is 11.5 Å². The van der Waals surface area contributed by atoms with Crippen LogP contribution in [0.5, 0.6) is 11.5 Å². The number of ether oxygens (including phenoxy) is 2. The Morgan fingerprint density at radius 3 is 2.46 bits per heavy atom. The average molecular weight is 328 g/mol. The maximum absolute atomic E-state index is 12.1. The summed E-state index contributed by atoms with van der Waals surface area (Å²) in [5, 5.41) is 6.12. The van der Waals surface area contributed by atoms with Gasteiger partial charge < -0.3 is 20.1 Å². The second kappa shape index (κ2) is 8.24. The van der Waals surface area contributed by atoms with Crippen molar-refractivity contribution in [2.75, 3.05) is 31.4 Å². The maximum atomic E-state index is 12.1. The third-order valence-electron chi connectivity index (χ3n) is 3.87. The number of amides is 1. The topological polar surface area (TPSA) is 59.6 Å². The number of methoxy groups -OCH3 is 2. The summed E-state index contributed by atoms with van der Waals surface area (Å²) in [7, 11) is 3.21. The van der Waals surface area contributed by atoms with Gasteiger partial charge in [-0.3, -0.25) is 4.79 Å². The Morgan fingerprint density at radius 1 is 1.00 bits per heavy atom. The summed E-state index contributed by atoms with van der Waals surface area (Å²) < 4.78 is 10.5. The summed E-state index contributed by atoms with van der Waals surface area (Å²) in [5.74, 6) is 1.38. The number of aryl methyl sites for hydroxylation is 2. The van der Waals surface area contributed by atoms with Crippen molar-refractivity contribution in [3.63, 3.8) is 0 Å². The first-order valence-corrected chi connectivity index (χ1v) is 7.86. The summed E-state index contributed by atoms with van der Waals surface area (Å²) in [5.41, 5.74) is 4.03. The fourth-order valence-corrected chi connectivity index (χ4v) is 2.30. The number of carbonyl (C=O) groups is 1. The minimum absolute atomic E-state index is 0.0294. The van der Waals surface area contributed by atoms with E-state index in [1.54, 1.807) is 20.3 Å². The van der Waals surface area contributed by atoms with E-state index in [9.17, 15) is 4.79 Å². The zero-order valence-electron chi connectivity index (χ0n) is 14.6. The lowest BCUT2D eigenvalue weighted by molar-refractivity contribution is -0.115. The fraction of sp³-hybridized carbons (Fsp3) is 0.316. The van der Waals surface area contributed by atoms with Crippen molar-refractivity contribution in [3.05, 3.63) is 47.5 Å². The molecule has 0 saturated heterocycles. The molecule has 2 aromatic carbocycles. The van der Waals surface area contributed by atoms with Gasteiger partial charge in [-0.05, 0) is 49.2 Å². The summed E-state index contributed by atoms with van der Waals surface area (Å²) in [6.07, 6.45) is 0.363. The summed E-state index contributed by atoms with van der Waals surface area (Å²) in [4.78, 5) is 12.1. The number of hydrogen-bond donors (Lipinski definition) is 2. The molecule has 1 amide bonds. The highest BCUT2D eigenvalue weighted by Gasteiger charge is 2.07. The van der Waals surface area contributed by atoms with Crippen LogP contribution in [0.2, 0.25) is 0 Å². The molecule has 2 rings (SSSR count). The molecular formula is C19H24N2O3. The first-order chi connectivity index (χ1) is 11.5. The SMILES string of the molecule is COc1ccc(NCCC(=O)Nc2ccc(C)c(C)c2)c(OC)c1. The van der Waals surface area contributed by atoms with Crippen LogP contribution in [0.1, 0.15) is 17.5 Å². The molecule has 0 radical (unpaired) electrons. The maximum Gasteiger partial charge on any atom is 0.226 e. The lowest BCUT2D eigenvalue weighted by Gasteiger charge is -2.12. The predicted molar refractivity (Wildman–Crippen MR) is 97.2 cm³/mol. The van der Waals surface area contributed by atoms with E-state index in [4.69, 9.17) is 9.47 Å². The molecule has 0 aliphatic rings. The molecule has 0 aliphatic heterocycles. The Hall–Kier alpha value is -2.69. The van der Waals surface area contributed by atoms with E-state index in [1.165, 1.54) is 5.56 Å². The molecular weight excluding hydrogens is 304 g/mol. The molecule has 128 valence electrons. The van der Waals surface area contributed by atoms with Gasteiger partial charge in [-0.1, -0.05) is 6.07 Å². The van der Waals surface area contributed by atoms with Gasteiger partial charge in [-0.15, -0.1) is 0 Å². The Morgan fingerprint density at radius 2 is 1.79 bits per heavy atom. The third kappa shape index (κ3) is 4.65. The molecule has 0 bridgehead atoms. The Kier molecular flexibility index (Phi) is 6.07. The molecule has 0 aromatic heterocycles. The van der Waals surface area contributed by atoms with Crippen molar-refractivity contribution in [2.24, 2.45) is 0 Å². The molecule has 2 N–H and O–H groups in total. The van der Waals surface area contributed by atoms with Crippen LogP contribution < -0.4 is 20.1 Å². The molecule has 5 nitrogen and oxygen atoms in total. The highest BCUT2D eigenvalue weighted by Crippen LogP contribution is 2.28. The third-order valence-corrected chi connectivity index (χ3v) is 3.87. The quantitative estimate of drug-likeness (QED) is 0.812. The van der Waals surface area contributed by atoms with Gasteiger partial charge in [0.2, 0.25) is 5.91 Å². The van der Waals surface area contributed by atoms with Crippen molar-refractivity contribution in [3.8, 4) is 11.5 Å². The van der Waals surface area contributed by atoms with Crippen LogP contribution in [0.15, 0.2) is 36.4 Å². The van der Waals surface area contributed by atoms with E-state index in [-0.39, 0.29) is 5.91 Å². The second-order valence-corrected chi connectivity index (χ2v) is 5.59. The van der Waals surface area contributed by atoms with Gasteiger partial charge in [0, 0.05) is 24.7 Å². The first-order valence-electron chi connectivity index (χ1n) is 7.86. The normalized spacial score (nSPS) is 10.2. The molecule has 2 aromatic rings. The second-order valence-electron chi connectivity index (χ2n) is 5.59. The molecule has 0 fully saturated rings. The van der Waals surface area contributed by atoms with Crippen LogP contribution >= 0.6 is 0 Å². The minimum atomic E-state index is -0.0294. The van der Waals surface area contributed by atoms with Gasteiger partial charge in [-0.25, -0.2) is 0 Å². The zero-order valence-corrected chi connectivity index (χ0v) is 14.6. The number of nitrogens with one attached hydrogen (secondary N) is 2. The van der Waals surface area contributed by atoms with Gasteiger partial charge in [-0.2, -0.15) is 0 Å². The van der Waals surface area contributed by atoms with Crippen molar-refractivity contribution in [1.82, 2.24) is 0 Å². The molecule has 0 aliphatic carbocycles. The minimum Gasteiger partial charge on any atom is -0.497 e. The number of anilines is 2. The van der Waals surface area contributed by atoms with Gasteiger partial charge in [0.15, 0.2) is 0 Å². The fourth-order valence-electron chi connectivity index (χ4n) is 2.30. The molecule has 0 unspecified atom stereocenters. The van der Waals surface area contributed by atoms with E-state index in [0.29, 0.717) is 18.7 Å². The summed E-state index contributed by atoms with van der Waals surface area (Å²) in [6.45, 7) is 4.59. The van der Waals surface area contributed by atoms with Crippen LogP contribution in [0.4, 0.5) is 11.4 Å². The van der Waals surface area contributed by atoms with Crippen LogP contribution in [0, 0.1) is 13.8 Å². The van der Waals surface area contributed by atoms with Crippen molar-refractivity contribution in [1.29, 1.82) is 0 Å². The molecule has 0 atom stereocenters. The molecule has 24 heavy (non-hydrogen) atoms.